The molecule has 0 aliphatic heterocycles. The fourth-order valence-electron chi connectivity index (χ4n) is 2.37. The lowest BCUT2D eigenvalue weighted by Gasteiger charge is -2.11. The Bertz CT molecular complexity index is 874. The van der Waals surface area contributed by atoms with E-state index in [0.717, 1.165) is 12.1 Å². The van der Waals surface area contributed by atoms with Crippen molar-refractivity contribution >= 4 is 29.0 Å². The van der Waals surface area contributed by atoms with Crippen LogP contribution in [0.15, 0.2) is 48.5 Å². The van der Waals surface area contributed by atoms with Crippen LogP contribution < -0.4 is 5.32 Å². The number of anilines is 1. The smallest absolute Gasteiger partial charge is 0.326 e. The Hall–Kier alpha value is -2.85. The van der Waals surface area contributed by atoms with Gasteiger partial charge >= 0.3 is 6.18 Å². The fourth-order valence-corrected chi connectivity index (χ4v) is 2.49. The molecule has 0 aliphatic carbocycles. The van der Waals surface area contributed by atoms with Crippen molar-refractivity contribution in [3.63, 3.8) is 0 Å². The zero-order valence-corrected chi connectivity index (χ0v) is 14.6. The number of alkyl halides is 3. The van der Waals surface area contributed by atoms with E-state index in [1.165, 1.54) is 12.1 Å². The highest BCUT2D eigenvalue weighted by atomic mass is 35.5. The van der Waals surface area contributed by atoms with Crippen molar-refractivity contribution in [3.8, 4) is 6.07 Å². The number of amides is 1. The van der Waals surface area contributed by atoms with Gasteiger partial charge in [0.05, 0.1) is 11.6 Å². The maximum absolute atomic E-state index is 12.7. The van der Waals surface area contributed by atoms with Crippen LogP contribution in [0.5, 0.6) is 0 Å². The Morgan fingerprint density at radius 2 is 1.78 bits per heavy atom. The molecule has 0 heterocycles. The van der Waals surface area contributed by atoms with E-state index in [1.54, 1.807) is 24.3 Å². The van der Waals surface area contributed by atoms with Gasteiger partial charge in [-0.25, -0.2) is 0 Å². The van der Waals surface area contributed by atoms with Gasteiger partial charge in [0.2, 0.25) is 5.91 Å². The second-order valence-corrected chi connectivity index (χ2v) is 6.14. The van der Waals surface area contributed by atoms with E-state index in [2.05, 4.69) is 5.32 Å². The molecule has 0 fully saturated rings. The SMILES string of the molecule is N#C[C@H](C(=O)CCC(=O)Nc1cccc(C(F)(F)F)c1)c1ccc(Cl)cc1. The summed E-state index contributed by atoms with van der Waals surface area (Å²) in [5, 5.41) is 12.0. The molecule has 1 N–H and O–H groups in total. The molecule has 0 aromatic heterocycles. The number of carbonyl (C=O) groups excluding carboxylic acids is 2. The van der Waals surface area contributed by atoms with E-state index < -0.39 is 29.3 Å². The summed E-state index contributed by atoms with van der Waals surface area (Å²) in [4.78, 5) is 24.1. The average Bonchev–Trinajstić information content (AvgIpc) is 2.62. The number of nitriles is 1. The molecule has 8 heteroatoms. The Morgan fingerprint density at radius 3 is 2.37 bits per heavy atom. The molecule has 2 rings (SSSR count). The lowest BCUT2D eigenvalue weighted by Crippen LogP contribution is -2.17. The molecule has 0 saturated carbocycles. The second kappa shape index (κ2) is 8.69. The summed E-state index contributed by atoms with van der Waals surface area (Å²) in [7, 11) is 0. The van der Waals surface area contributed by atoms with Gasteiger partial charge in [-0.05, 0) is 35.9 Å². The average molecular weight is 395 g/mol. The predicted octanol–water partition coefficient (Wildman–Crippen LogP) is 4.95. The Balaban J connectivity index is 1.96. The summed E-state index contributed by atoms with van der Waals surface area (Å²) in [6, 6.07) is 12.3. The third-order valence-corrected chi connectivity index (χ3v) is 3.98. The van der Waals surface area contributed by atoms with Crippen LogP contribution in [0.25, 0.3) is 0 Å². The topological polar surface area (TPSA) is 70.0 Å². The number of ketones is 1. The van der Waals surface area contributed by atoms with Gasteiger partial charge in [0.1, 0.15) is 5.92 Å². The van der Waals surface area contributed by atoms with E-state index >= 15 is 0 Å². The first-order valence-corrected chi connectivity index (χ1v) is 8.23. The minimum absolute atomic E-state index is 0.0168. The number of halogens is 4. The van der Waals surface area contributed by atoms with Crippen LogP contribution >= 0.6 is 11.6 Å². The van der Waals surface area contributed by atoms with Gasteiger partial charge in [0.15, 0.2) is 5.78 Å². The summed E-state index contributed by atoms with van der Waals surface area (Å²) in [6.07, 6.45) is -4.98. The van der Waals surface area contributed by atoms with Gasteiger partial charge in [-0.15, -0.1) is 0 Å². The third-order valence-electron chi connectivity index (χ3n) is 3.73. The van der Waals surface area contributed by atoms with Crippen LogP contribution in [-0.2, 0) is 15.8 Å². The van der Waals surface area contributed by atoms with Crippen molar-refractivity contribution in [1.29, 1.82) is 5.26 Å². The number of hydrogen-bond donors (Lipinski definition) is 1. The summed E-state index contributed by atoms with van der Waals surface area (Å²) in [6.45, 7) is 0. The minimum atomic E-state index is -4.52. The lowest BCUT2D eigenvalue weighted by molar-refractivity contribution is -0.137. The van der Waals surface area contributed by atoms with Crippen LogP contribution in [0.2, 0.25) is 5.02 Å². The third kappa shape index (κ3) is 5.83. The van der Waals surface area contributed by atoms with Gasteiger partial charge in [0, 0.05) is 23.6 Å². The van der Waals surface area contributed by atoms with Crippen molar-refractivity contribution in [2.24, 2.45) is 0 Å². The second-order valence-electron chi connectivity index (χ2n) is 5.71. The molecule has 0 radical (unpaired) electrons. The van der Waals surface area contributed by atoms with Gasteiger partial charge in [0.25, 0.3) is 0 Å². The van der Waals surface area contributed by atoms with Crippen LogP contribution in [-0.4, -0.2) is 11.7 Å². The monoisotopic (exact) mass is 394 g/mol. The van der Waals surface area contributed by atoms with Crippen molar-refractivity contribution in [2.45, 2.75) is 24.9 Å². The largest absolute Gasteiger partial charge is 0.416 e. The molecule has 2 aromatic carbocycles. The van der Waals surface area contributed by atoms with E-state index in [-0.39, 0.29) is 18.5 Å². The van der Waals surface area contributed by atoms with E-state index in [9.17, 15) is 28.0 Å². The Kier molecular flexibility index (Phi) is 6.59. The van der Waals surface area contributed by atoms with E-state index in [1.807, 2.05) is 6.07 Å². The van der Waals surface area contributed by atoms with E-state index in [4.69, 9.17) is 11.6 Å². The number of Topliss-reactive ketones (excluding diaryl/α,β-unsaturated/α-hetero) is 1. The molecule has 4 nitrogen and oxygen atoms in total. The Morgan fingerprint density at radius 1 is 1.11 bits per heavy atom. The van der Waals surface area contributed by atoms with Gasteiger partial charge < -0.3 is 5.32 Å². The molecule has 0 aliphatic rings. The highest BCUT2D eigenvalue weighted by Crippen LogP contribution is 2.30. The molecule has 0 bridgehead atoms. The van der Waals surface area contributed by atoms with Crippen LogP contribution in [0.4, 0.5) is 18.9 Å². The van der Waals surface area contributed by atoms with Crippen molar-refractivity contribution < 1.29 is 22.8 Å². The van der Waals surface area contributed by atoms with Gasteiger partial charge in [-0.1, -0.05) is 29.8 Å². The van der Waals surface area contributed by atoms with Gasteiger partial charge in [-0.3, -0.25) is 9.59 Å². The molecule has 2 aromatic rings. The van der Waals surface area contributed by atoms with Crippen LogP contribution in [0.3, 0.4) is 0 Å². The number of hydrogen-bond acceptors (Lipinski definition) is 3. The lowest BCUT2D eigenvalue weighted by atomic mass is 9.93. The highest BCUT2D eigenvalue weighted by molar-refractivity contribution is 6.30. The van der Waals surface area contributed by atoms with Crippen LogP contribution in [0.1, 0.15) is 29.9 Å². The number of rotatable bonds is 6. The molecular weight excluding hydrogens is 381 g/mol. The Labute approximate surface area is 158 Å². The molecule has 1 amide bonds. The maximum Gasteiger partial charge on any atom is 0.416 e. The van der Waals surface area contributed by atoms with Gasteiger partial charge in [-0.2, -0.15) is 18.4 Å². The summed E-state index contributed by atoms with van der Waals surface area (Å²) < 4.78 is 38.0. The van der Waals surface area contributed by atoms with E-state index in [0.29, 0.717) is 10.6 Å². The van der Waals surface area contributed by atoms with Crippen molar-refractivity contribution in [2.75, 3.05) is 5.32 Å². The number of carbonyl (C=O) groups is 2. The molecule has 140 valence electrons. The minimum Gasteiger partial charge on any atom is -0.326 e. The standard InChI is InChI=1S/C19H14ClF3N2O2/c20-14-6-4-12(5-7-14)16(11-24)17(26)8-9-18(27)25-15-3-1-2-13(10-15)19(21,22)23/h1-7,10,16H,8-9H2,(H,25,27)/t16-/m0/s1. The molecule has 0 spiro atoms. The normalized spacial score (nSPS) is 12.1. The highest BCUT2D eigenvalue weighted by Gasteiger charge is 2.30. The maximum atomic E-state index is 12.7. The molecule has 0 unspecified atom stereocenters. The molecule has 1 atom stereocenters. The number of nitrogens with one attached hydrogen (secondary N) is 1. The summed E-state index contributed by atoms with van der Waals surface area (Å²) in [5.41, 5.74) is -0.439. The van der Waals surface area contributed by atoms with Crippen molar-refractivity contribution in [3.05, 3.63) is 64.7 Å². The fraction of sp³-hybridized carbons (Fsp3) is 0.211. The first kappa shape index (κ1) is 20.5. The van der Waals surface area contributed by atoms with Crippen molar-refractivity contribution in [1.82, 2.24) is 0 Å². The molecular formula is C19H14ClF3N2O2. The summed E-state index contributed by atoms with van der Waals surface area (Å²) >= 11 is 5.77. The zero-order chi connectivity index (χ0) is 20.0. The van der Waals surface area contributed by atoms with Crippen LogP contribution in [0, 0.1) is 11.3 Å². The first-order chi connectivity index (χ1) is 12.7. The zero-order valence-electron chi connectivity index (χ0n) is 13.9. The first-order valence-electron chi connectivity index (χ1n) is 7.85. The number of nitrogens with zero attached hydrogens (tertiary/aromatic N) is 1. The number of benzene rings is 2. The quantitative estimate of drug-likeness (QED) is 0.753. The predicted molar refractivity (Wildman–Crippen MR) is 94.1 cm³/mol. The molecule has 27 heavy (non-hydrogen) atoms. The molecule has 0 saturated heterocycles. The summed E-state index contributed by atoms with van der Waals surface area (Å²) in [5.74, 6) is -2.11.